The van der Waals surface area contributed by atoms with Crippen molar-refractivity contribution in [3.63, 3.8) is 0 Å². The molecule has 160 valence electrons. The molecule has 7 nitrogen and oxygen atoms in total. The van der Waals surface area contributed by atoms with Crippen molar-refractivity contribution in [3.05, 3.63) is 65.5 Å². The average Bonchev–Trinajstić information content (AvgIpc) is 2.76. The second-order valence-electron chi connectivity index (χ2n) is 7.59. The van der Waals surface area contributed by atoms with Gasteiger partial charge < -0.3 is 20.3 Å². The summed E-state index contributed by atoms with van der Waals surface area (Å²) in [4.78, 5) is 23.2. The van der Waals surface area contributed by atoms with E-state index >= 15 is 0 Å². The fraction of sp³-hybridized carbons (Fsp3) is 0.435. The van der Waals surface area contributed by atoms with Gasteiger partial charge in [0.05, 0.1) is 12.2 Å². The number of amides is 1. The Morgan fingerprint density at radius 3 is 2.50 bits per heavy atom. The number of carbonyl (C=O) groups is 1. The molecule has 1 aliphatic heterocycles. The Hall–Kier alpha value is -2.93. The number of carbonyl (C=O) groups excluding carboxylic acids is 1. The Bertz CT molecular complexity index is 828. The molecule has 2 heterocycles. The molecule has 1 aromatic carbocycles. The maximum atomic E-state index is 12.8. The zero-order valence-corrected chi connectivity index (χ0v) is 18.0. The highest BCUT2D eigenvalue weighted by atomic mass is 16.5. The van der Waals surface area contributed by atoms with Crippen molar-refractivity contribution in [2.24, 2.45) is 4.99 Å². The minimum atomic E-state index is 0.0588. The summed E-state index contributed by atoms with van der Waals surface area (Å²) in [6.45, 7) is 6.65. The number of aliphatic imine (C=N–C) groups is 1. The molecule has 1 aromatic heterocycles. The number of nitrogens with zero attached hydrogens (tertiary/aromatic N) is 3. The maximum absolute atomic E-state index is 12.8. The van der Waals surface area contributed by atoms with Gasteiger partial charge in [0.25, 0.3) is 5.91 Å². The van der Waals surface area contributed by atoms with Gasteiger partial charge in [-0.3, -0.25) is 14.8 Å². The van der Waals surface area contributed by atoms with Crippen LogP contribution in [0.2, 0.25) is 0 Å². The zero-order chi connectivity index (χ0) is 21.3. The minimum Gasteiger partial charge on any atom is -0.372 e. The van der Waals surface area contributed by atoms with Crippen molar-refractivity contribution < 1.29 is 9.53 Å². The second-order valence-corrected chi connectivity index (χ2v) is 7.59. The Balaban J connectivity index is 1.47. The van der Waals surface area contributed by atoms with Crippen molar-refractivity contribution in [2.45, 2.75) is 39.0 Å². The van der Waals surface area contributed by atoms with E-state index in [1.54, 1.807) is 13.2 Å². The largest absolute Gasteiger partial charge is 0.372 e. The van der Waals surface area contributed by atoms with Crippen LogP contribution < -0.4 is 10.6 Å². The standard InChI is InChI=1S/C23H31N5O2/c1-17-15-28(16-18(2)30-17)22(29)20-9-7-19(8-10-20)14-27-23(24-3)26-13-11-21-6-4-5-12-25-21/h4-10,12,17-18H,11,13-16H2,1-3H3,(H2,24,26,27). The first kappa shape index (κ1) is 21.8. The van der Waals surface area contributed by atoms with Gasteiger partial charge >= 0.3 is 0 Å². The number of pyridine rings is 1. The van der Waals surface area contributed by atoms with Crippen LogP contribution in [0.25, 0.3) is 0 Å². The topological polar surface area (TPSA) is 78.8 Å². The van der Waals surface area contributed by atoms with E-state index in [-0.39, 0.29) is 18.1 Å². The quantitative estimate of drug-likeness (QED) is 0.565. The molecular formula is C23H31N5O2. The molecule has 2 atom stereocenters. The van der Waals surface area contributed by atoms with E-state index < -0.39 is 0 Å². The first-order valence-electron chi connectivity index (χ1n) is 10.4. The third-order valence-electron chi connectivity index (χ3n) is 4.99. The molecule has 1 aliphatic rings. The molecule has 0 saturated carbocycles. The average molecular weight is 410 g/mol. The molecule has 1 fully saturated rings. The predicted octanol–water partition coefficient (Wildman–Crippen LogP) is 2.24. The Morgan fingerprint density at radius 1 is 1.13 bits per heavy atom. The fourth-order valence-corrected chi connectivity index (χ4v) is 3.55. The van der Waals surface area contributed by atoms with Crippen molar-refractivity contribution in [2.75, 3.05) is 26.7 Å². The van der Waals surface area contributed by atoms with Gasteiger partial charge in [-0.2, -0.15) is 0 Å². The van der Waals surface area contributed by atoms with Crippen molar-refractivity contribution >= 4 is 11.9 Å². The molecule has 2 N–H and O–H groups in total. The summed E-state index contributed by atoms with van der Waals surface area (Å²) < 4.78 is 5.72. The maximum Gasteiger partial charge on any atom is 0.254 e. The molecule has 7 heteroatoms. The molecule has 0 bridgehead atoms. The monoisotopic (exact) mass is 409 g/mol. The number of aromatic nitrogens is 1. The molecule has 0 spiro atoms. The van der Waals surface area contributed by atoms with E-state index in [9.17, 15) is 4.79 Å². The normalized spacial score (nSPS) is 19.4. The molecule has 30 heavy (non-hydrogen) atoms. The van der Waals surface area contributed by atoms with E-state index in [0.29, 0.717) is 25.2 Å². The Kier molecular flexibility index (Phi) is 7.79. The number of hydrogen-bond acceptors (Lipinski definition) is 4. The summed E-state index contributed by atoms with van der Waals surface area (Å²) in [5.74, 6) is 0.797. The van der Waals surface area contributed by atoms with Crippen LogP contribution in [0.3, 0.4) is 0 Å². The van der Waals surface area contributed by atoms with Crippen LogP contribution in [0.4, 0.5) is 0 Å². The highest BCUT2D eigenvalue weighted by Gasteiger charge is 2.26. The molecule has 1 saturated heterocycles. The molecule has 2 aromatic rings. The summed E-state index contributed by atoms with van der Waals surface area (Å²) in [6, 6.07) is 13.7. The molecule has 3 rings (SSSR count). The summed E-state index contributed by atoms with van der Waals surface area (Å²) in [5.41, 5.74) is 2.84. The first-order chi connectivity index (χ1) is 14.5. The van der Waals surface area contributed by atoms with E-state index in [2.05, 4.69) is 20.6 Å². The van der Waals surface area contributed by atoms with Crippen LogP contribution in [0.1, 0.15) is 35.5 Å². The number of ether oxygens (including phenoxy) is 1. The zero-order valence-electron chi connectivity index (χ0n) is 18.0. The lowest BCUT2D eigenvalue weighted by atomic mass is 10.1. The Morgan fingerprint density at radius 2 is 1.87 bits per heavy atom. The summed E-state index contributed by atoms with van der Waals surface area (Å²) >= 11 is 0. The molecular weight excluding hydrogens is 378 g/mol. The van der Waals surface area contributed by atoms with Crippen LogP contribution in [0.15, 0.2) is 53.7 Å². The molecule has 0 aliphatic carbocycles. The van der Waals surface area contributed by atoms with Crippen LogP contribution in [0, 0.1) is 0 Å². The van der Waals surface area contributed by atoms with E-state index in [1.165, 1.54) is 0 Å². The fourth-order valence-electron chi connectivity index (χ4n) is 3.55. The van der Waals surface area contributed by atoms with Gasteiger partial charge in [0.1, 0.15) is 0 Å². The van der Waals surface area contributed by atoms with Gasteiger partial charge in [-0.1, -0.05) is 18.2 Å². The molecule has 1 amide bonds. The number of morpholine rings is 1. The van der Waals surface area contributed by atoms with E-state index in [1.807, 2.05) is 61.2 Å². The third kappa shape index (κ3) is 6.29. The third-order valence-corrected chi connectivity index (χ3v) is 4.99. The van der Waals surface area contributed by atoms with Crippen molar-refractivity contribution in [1.29, 1.82) is 0 Å². The van der Waals surface area contributed by atoms with Crippen LogP contribution in [0.5, 0.6) is 0 Å². The van der Waals surface area contributed by atoms with Crippen molar-refractivity contribution in [3.8, 4) is 0 Å². The van der Waals surface area contributed by atoms with E-state index in [4.69, 9.17) is 4.74 Å². The van der Waals surface area contributed by atoms with Gasteiger partial charge in [0.2, 0.25) is 0 Å². The van der Waals surface area contributed by atoms with Crippen LogP contribution >= 0.6 is 0 Å². The summed E-state index contributed by atoms with van der Waals surface area (Å²) in [5, 5.41) is 6.60. The summed E-state index contributed by atoms with van der Waals surface area (Å²) in [6.07, 6.45) is 2.77. The van der Waals surface area contributed by atoms with Gasteiger partial charge in [-0.25, -0.2) is 0 Å². The van der Waals surface area contributed by atoms with E-state index in [0.717, 1.165) is 30.2 Å². The van der Waals surface area contributed by atoms with Crippen LogP contribution in [-0.4, -0.2) is 60.6 Å². The smallest absolute Gasteiger partial charge is 0.254 e. The Labute approximate surface area is 178 Å². The highest BCUT2D eigenvalue weighted by molar-refractivity contribution is 5.94. The van der Waals surface area contributed by atoms with Crippen LogP contribution in [-0.2, 0) is 17.7 Å². The van der Waals surface area contributed by atoms with Gasteiger partial charge in [-0.05, 0) is 43.7 Å². The SMILES string of the molecule is CN=C(NCCc1ccccn1)NCc1ccc(C(=O)N2CC(C)OC(C)C2)cc1. The number of benzene rings is 1. The minimum absolute atomic E-state index is 0.0588. The number of rotatable bonds is 6. The summed E-state index contributed by atoms with van der Waals surface area (Å²) in [7, 11) is 1.75. The lowest BCUT2D eigenvalue weighted by Crippen LogP contribution is -2.48. The molecule has 0 radical (unpaired) electrons. The lowest BCUT2D eigenvalue weighted by Gasteiger charge is -2.35. The number of guanidine groups is 1. The van der Waals surface area contributed by atoms with Crippen molar-refractivity contribution in [1.82, 2.24) is 20.5 Å². The predicted molar refractivity (Wildman–Crippen MR) is 118 cm³/mol. The highest BCUT2D eigenvalue weighted by Crippen LogP contribution is 2.15. The van der Waals surface area contributed by atoms with Gasteiger partial charge in [-0.15, -0.1) is 0 Å². The number of nitrogens with one attached hydrogen (secondary N) is 2. The van der Waals surface area contributed by atoms with Gasteiger partial charge in [0, 0.05) is 57.1 Å². The molecule has 2 unspecified atom stereocenters. The van der Waals surface area contributed by atoms with Gasteiger partial charge in [0.15, 0.2) is 5.96 Å². The first-order valence-corrected chi connectivity index (χ1v) is 10.4. The lowest BCUT2D eigenvalue weighted by molar-refractivity contribution is -0.0586. The second kappa shape index (κ2) is 10.7. The number of hydrogen-bond donors (Lipinski definition) is 2.